The largest absolute Gasteiger partial charge is 0.496 e. The van der Waals surface area contributed by atoms with Gasteiger partial charge in [-0.15, -0.1) is 0 Å². The lowest BCUT2D eigenvalue weighted by Gasteiger charge is -2.35. The monoisotopic (exact) mass is 404 g/mol. The molecule has 152 valence electrons. The van der Waals surface area contributed by atoms with Crippen LogP contribution >= 0.6 is 0 Å². The van der Waals surface area contributed by atoms with Crippen molar-refractivity contribution in [1.82, 2.24) is 19.5 Å². The quantitative estimate of drug-likeness (QED) is 0.647. The number of anilines is 1. The lowest BCUT2D eigenvalue weighted by molar-refractivity contribution is 0.0374. The number of nitrogens with zero attached hydrogens (tertiary/aromatic N) is 6. The molecule has 1 aromatic carbocycles. The standard InChI is InChI=1S/C21H20N6O3/c1-26-20(28)10-17(16-5-6-23-13-24-16)25-21(26)27-7-8-30-19(12-27)15-4-3-14(11-22)9-18(15)29-2/h3-6,9-10,13,19H,7-8,12H2,1-2H3/t19-/m1/s1. The van der Waals surface area contributed by atoms with Crippen LogP contribution < -0.4 is 15.2 Å². The minimum absolute atomic E-state index is 0.174. The Hall–Kier alpha value is -3.77. The third kappa shape index (κ3) is 3.73. The Bertz CT molecular complexity index is 1160. The topological polar surface area (TPSA) is 106 Å². The summed E-state index contributed by atoms with van der Waals surface area (Å²) in [4.78, 5) is 27.4. The van der Waals surface area contributed by atoms with E-state index in [1.54, 1.807) is 38.6 Å². The summed E-state index contributed by atoms with van der Waals surface area (Å²) in [5.74, 6) is 1.13. The molecule has 1 fully saturated rings. The fraction of sp³-hybridized carbons (Fsp3) is 0.286. The van der Waals surface area contributed by atoms with Crippen LogP contribution in [0.5, 0.6) is 5.75 Å². The van der Waals surface area contributed by atoms with Crippen molar-refractivity contribution < 1.29 is 9.47 Å². The summed E-state index contributed by atoms with van der Waals surface area (Å²) in [5.41, 5.74) is 2.27. The number of morpholine rings is 1. The Morgan fingerprint density at radius 1 is 1.27 bits per heavy atom. The second kappa shape index (κ2) is 8.31. The molecule has 3 heterocycles. The Balaban J connectivity index is 1.68. The van der Waals surface area contributed by atoms with E-state index in [1.807, 2.05) is 11.0 Å². The third-order valence-electron chi connectivity index (χ3n) is 5.01. The Morgan fingerprint density at radius 3 is 2.87 bits per heavy atom. The second-order valence-electron chi connectivity index (χ2n) is 6.81. The molecular weight excluding hydrogens is 384 g/mol. The highest BCUT2D eigenvalue weighted by Crippen LogP contribution is 2.32. The second-order valence-corrected chi connectivity index (χ2v) is 6.81. The number of methoxy groups -OCH3 is 1. The zero-order chi connectivity index (χ0) is 21.1. The molecule has 0 spiro atoms. The van der Waals surface area contributed by atoms with Gasteiger partial charge in [0.2, 0.25) is 5.95 Å². The van der Waals surface area contributed by atoms with Gasteiger partial charge in [-0.1, -0.05) is 6.07 Å². The highest BCUT2D eigenvalue weighted by atomic mass is 16.5. The summed E-state index contributed by atoms with van der Waals surface area (Å²) < 4.78 is 13.0. The predicted molar refractivity (Wildman–Crippen MR) is 109 cm³/mol. The van der Waals surface area contributed by atoms with Crippen LogP contribution in [0.25, 0.3) is 11.4 Å². The highest BCUT2D eigenvalue weighted by molar-refractivity contribution is 5.55. The summed E-state index contributed by atoms with van der Waals surface area (Å²) in [7, 11) is 3.26. The van der Waals surface area contributed by atoms with Gasteiger partial charge in [0, 0.05) is 31.4 Å². The summed E-state index contributed by atoms with van der Waals surface area (Å²) in [6.45, 7) is 1.53. The van der Waals surface area contributed by atoms with Gasteiger partial charge in [-0.2, -0.15) is 5.26 Å². The normalized spacial score (nSPS) is 16.2. The van der Waals surface area contributed by atoms with Gasteiger partial charge >= 0.3 is 0 Å². The van der Waals surface area contributed by atoms with E-state index in [4.69, 9.17) is 19.7 Å². The summed E-state index contributed by atoms with van der Waals surface area (Å²) in [6.07, 6.45) is 2.75. The molecule has 0 unspecified atom stereocenters. The summed E-state index contributed by atoms with van der Waals surface area (Å²) >= 11 is 0. The maximum Gasteiger partial charge on any atom is 0.255 e. The van der Waals surface area contributed by atoms with E-state index in [1.165, 1.54) is 17.0 Å². The molecule has 30 heavy (non-hydrogen) atoms. The molecule has 1 saturated heterocycles. The van der Waals surface area contributed by atoms with Crippen molar-refractivity contribution in [2.24, 2.45) is 7.05 Å². The SMILES string of the molecule is COc1cc(C#N)ccc1[C@H]1CN(c2nc(-c3ccncn3)cc(=O)n2C)CCO1. The molecule has 1 aliphatic rings. The maximum atomic E-state index is 12.6. The molecule has 1 atom stereocenters. The van der Waals surface area contributed by atoms with Gasteiger partial charge in [0.05, 0.1) is 43.3 Å². The van der Waals surface area contributed by atoms with Crippen LogP contribution in [0.15, 0.2) is 47.7 Å². The van der Waals surface area contributed by atoms with Crippen LogP contribution in [0.2, 0.25) is 0 Å². The van der Waals surface area contributed by atoms with E-state index < -0.39 is 0 Å². The van der Waals surface area contributed by atoms with Gasteiger partial charge in [0.25, 0.3) is 5.56 Å². The van der Waals surface area contributed by atoms with Gasteiger partial charge in [-0.3, -0.25) is 9.36 Å². The van der Waals surface area contributed by atoms with Crippen molar-refractivity contribution in [2.75, 3.05) is 31.7 Å². The minimum atomic E-state index is -0.291. The van der Waals surface area contributed by atoms with Crippen molar-refractivity contribution in [3.05, 3.63) is 64.3 Å². The molecule has 9 nitrogen and oxygen atoms in total. The lowest BCUT2D eigenvalue weighted by Crippen LogP contribution is -2.41. The zero-order valence-electron chi connectivity index (χ0n) is 16.6. The van der Waals surface area contributed by atoms with Crippen molar-refractivity contribution in [2.45, 2.75) is 6.10 Å². The third-order valence-corrected chi connectivity index (χ3v) is 5.01. The van der Waals surface area contributed by atoms with Crippen LogP contribution in [0.1, 0.15) is 17.2 Å². The molecule has 0 aliphatic carbocycles. The first-order valence-corrected chi connectivity index (χ1v) is 9.39. The first-order valence-electron chi connectivity index (χ1n) is 9.39. The van der Waals surface area contributed by atoms with Crippen LogP contribution in [0.4, 0.5) is 5.95 Å². The van der Waals surface area contributed by atoms with Gasteiger partial charge in [0.15, 0.2) is 0 Å². The fourth-order valence-electron chi connectivity index (χ4n) is 3.45. The molecule has 1 aliphatic heterocycles. The first kappa shape index (κ1) is 19.5. The molecule has 0 amide bonds. The molecule has 0 N–H and O–H groups in total. The molecule has 2 aromatic heterocycles. The average Bonchev–Trinajstić information content (AvgIpc) is 2.81. The minimum Gasteiger partial charge on any atom is -0.496 e. The molecular formula is C21H20N6O3. The van der Waals surface area contributed by atoms with Gasteiger partial charge in [0.1, 0.15) is 18.2 Å². The summed E-state index contributed by atoms with van der Waals surface area (Å²) in [6, 6.07) is 10.6. The molecule has 0 saturated carbocycles. The summed E-state index contributed by atoms with van der Waals surface area (Å²) in [5, 5.41) is 9.13. The fourth-order valence-corrected chi connectivity index (χ4v) is 3.45. The predicted octanol–water partition coefficient (Wildman–Crippen LogP) is 1.70. The maximum absolute atomic E-state index is 12.6. The Kier molecular flexibility index (Phi) is 5.41. The highest BCUT2D eigenvalue weighted by Gasteiger charge is 2.27. The van der Waals surface area contributed by atoms with Crippen LogP contribution in [0, 0.1) is 11.3 Å². The number of ether oxygens (including phenoxy) is 2. The Morgan fingerprint density at radius 2 is 2.13 bits per heavy atom. The number of rotatable bonds is 4. The lowest BCUT2D eigenvalue weighted by atomic mass is 10.0. The molecule has 9 heteroatoms. The van der Waals surface area contributed by atoms with E-state index in [0.717, 1.165) is 5.56 Å². The van der Waals surface area contributed by atoms with Crippen molar-refractivity contribution >= 4 is 5.95 Å². The van der Waals surface area contributed by atoms with Crippen LogP contribution in [-0.2, 0) is 11.8 Å². The molecule has 3 aromatic rings. The van der Waals surface area contributed by atoms with E-state index in [9.17, 15) is 4.79 Å². The van der Waals surface area contributed by atoms with Gasteiger partial charge in [-0.25, -0.2) is 15.0 Å². The van der Waals surface area contributed by atoms with Crippen LogP contribution in [0.3, 0.4) is 0 Å². The van der Waals surface area contributed by atoms with E-state index >= 15 is 0 Å². The molecule has 0 radical (unpaired) electrons. The van der Waals surface area contributed by atoms with E-state index in [2.05, 4.69) is 16.0 Å². The number of hydrogen-bond acceptors (Lipinski definition) is 8. The van der Waals surface area contributed by atoms with E-state index in [0.29, 0.717) is 48.3 Å². The average molecular weight is 404 g/mol. The van der Waals surface area contributed by atoms with Crippen molar-refractivity contribution in [1.29, 1.82) is 5.26 Å². The number of hydrogen-bond donors (Lipinski definition) is 0. The Labute approximate surface area is 173 Å². The molecule has 0 bridgehead atoms. The number of nitriles is 1. The first-order chi connectivity index (χ1) is 14.6. The zero-order valence-corrected chi connectivity index (χ0v) is 16.6. The van der Waals surface area contributed by atoms with Crippen molar-refractivity contribution in [3.63, 3.8) is 0 Å². The smallest absolute Gasteiger partial charge is 0.255 e. The van der Waals surface area contributed by atoms with Crippen LogP contribution in [-0.4, -0.2) is 46.3 Å². The molecule has 4 rings (SSSR count). The number of aromatic nitrogens is 4. The number of benzene rings is 1. The van der Waals surface area contributed by atoms with Crippen molar-refractivity contribution in [3.8, 4) is 23.2 Å². The van der Waals surface area contributed by atoms with E-state index in [-0.39, 0.29) is 11.7 Å². The van der Waals surface area contributed by atoms with Gasteiger partial charge < -0.3 is 14.4 Å². The van der Waals surface area contributed by atoms with Gasteiger partial charge in [-0.05, 0) is 18.2 Å².